The highest BCUT2D eigenvalue weighted by atomic mass is 35.5. The number of piperazine rings is 1. The third-order valence-corrected chi connectivity index (χ3v) is 3.32. The van der Waals surface area contributed by atoms with Crippen LogP contribution in [-0.4, -0.2) is 74.2 Å². The minimum atomic E-state index is -0.278. The van der Waals surface area contributed by atoms with Crippen LogP contribution in [0.25, 0.3) is 0 Å². The van der Waals surface area contributed by atoms with E-state index in [9.17, 15) is 4.79 Å². The highest BCUT2D eigenvalue weighted by Gasteiger charge is 2.32. The summed E-state index contributed by atoms with van der Waals surface area (Å²) >= 11 is 0. The van der Waals surface area contributed by atoms with Crippen LogP contribution in [0.2, 0.25) is 0 Å². The van der Waals surface area contributed by atoms with E-state index in [1.807, 2.05) is 4.90 Å². The van der Waals surface area contributed by atoms with E-state index < -0.39 is 0 Å². The zero-order chi connectivity index (χ0) is 11.5. The molecule has 18 heavy (non-hydrogen) atoms. The average Bonchev–Trinajstić information content (AvgIpc) is 2.29. The first-order chi connectivity index (χ1) is 7.68. The summed E-state index contributed by atoms with van der Waals surface area (Å²) in [6.45, 7) is 6.96. The van der Waals surface area contributed by atoms with Gasteiger partial charge in [0.15, 0.2) is 0 Å². The van der Waals surface area contributed by atoms with Crippen molar-refractivity contribution in [2.24, 2.45) is 0 Å². The Balaban J connectivity index is 0.00000144. The van der Waals surface area contributed by atoms with Gasteiger partial charge in [0.05, 0.1) is 6.61 Å². The zero-order valence-corrected chi connectivity index (χ0v) is 12.6. The number of nitrogens with one attached hydrogen (secondary N) is 1. The molecule has 0 aliphatic carbocycles. The monoisotopic (exact) mass is 299 g/mol. The fourth-order valence-electron chi connectivity index (χ4n) is 2.38. The summed E-state index contributed by atoms with van der Waals surface area (Å²) in [6, 6.07) is 0.289. The lowest BCUT2D eigenvalue weighted by Gasteiger charge is -2.40. The van der Waals surface area contributed by atoms with Gasteiger partial charge in [-0.15, -0.1) is 24.8 Å². The molecular weight excluding hydrogens is 277 g/mol. The van der Waals surface area contributed by atoms with E-state index >= 15 is 0 Å². The van der Waals surface area contributed by atoms with E-state index in [-0.39, 0.29) is 42.9 Å². The van der Waals surface area contributed by atoms with E-state index in [0.717, 1.165) is 26.2 Å². The van der Waals surface area contributed by atoms with E-state index in [0.29, 0.717) is 13.2 Å². The maximum absolute atomic E-state index is 12.2. The molecule has 2 heterocycles. The second kappa shape index (κ2) is 8.17. The van der Waals surface area contributed by atoms with Crippen LogP contribution in [0.3, 0.4) is 0 Å². The predicted octanol–water partition coefficient (Wildman–Crippen LogP) is -0.0191. The number of hydrogen-bond acceptors (Lipinski definition) is 4. The van der Waals surface area contributed by atoms with Crippen LogP contribution >= 0.6 is 24.8 Å². The number of rotatable bonds is 1. The summed E-state index contributed by atoms with van der Waals surface area (Å²) in [4.78, 5) is 16.4. The summed E-state index contributed by atoms with van der Waals surface area (Å²) in [5.74, 6) is 0.146. The van der Waals surface area contributed by atoms with Crippen LogP contribution in [0.5, 0.6) is 0 Å². The van der Waals surface area contributed by atoms with Crippen molar-refractivity contribution < 1.29 is 9.53 Å². The van der Waals surface area contributed by atoms with Crippen LogP contribution in [0, 0.1) is 0 Å². The molecule has 2 rings (SSSR count). The first-order valence-electron chi connectivity index (χ1n) is 6.00. The van der Waals surface area contributed by atoms with Crippen molar-refractivity contribution in [1.82, 2.24) is 15.1 Å². The van der Waals surface area contributed by atoms with Crippen LogP contribution in [0.15, 0.2) is 0 Å². The van der Waals surface area contributed by atoms with Crippen LogP contribution in [0.4, 0.5) is 0 Å². The van der Waals surface area contributed by atoms with E-state index in [2.05, 4.69) is 24.2 Å². The molecule has 1 amide bonds. The minimum absolute atomic E-state index is 0. The first kappa shape index (κ1) is 17.9. The molecule has 0 bridgehead atoms. The summed E-state index contributed by atoms with van der Waals surface area (Å²) in [5, 5.41) is 3.20. The number of carbonyl (C=O) groups excluding carboxylic acids is 1. The molecule has 7 heteroatoms. The summed E-state index contributed by atoms with van der Waals surface area (Å²) < 4.78 is 5.50. The van der Waals surface area contributed by atoms with Crippen molar-refractivity contribution >= 4 is 30.7 Å². The summed E-state index contributed by atoms with van der Waals surface area (Å²) in [6.07, 6.45) is -0.278. The SMILES string of the molecule is CC1CN(C)CCN1C(=O)C1CNCCO1.Cl.Cl. The summed E-state index contributed by atoms with van der Waals surface area (Å²) in [7, 11) is 2.09. The molecule has 2 atom stereocenters. The van der Waals surface area contributed by atoms with Gasteiger partial charge in [-0.05, 0) is 14.0 Å². The van der Waals surface area contributed by atoms with Gasteiger partial charge in [0.1, 0.15) is 6.10 Å². The van der Waals surface area contributed by atoms with Crippen molar-refractivity contribution in [3.05, 3.63) is 0 Å². The Kier molecular flexibility index (Phi) is 8.14. The van der Waals surface area contributed by atoms with Crippen molar-refractivity contribution in [3.63, 3.8) is 0 Å². The number of morpholine rings is 1. The van der Waals surface area contributed by atoms with Gasteiger partial charge in [0.25, 0.3) is 5.91 Å². The van der Waals surface area contributed by atoms with Gasteiger partial charge in [0, 0.05) is 38.8 Å². The van der Waals surface area contributed by atoms with Gasteiger partial charge in [-0.3, -0.25) is 4.79 Å². The maximum atomic E-state index is 12.2. The second-order valence-corrected chi connectivity index (χ2v) is 4.71. The van der Waals surface area contributed by atoms with Gasteiger partial charge in [-0.1, -0.05) is 0 Å². The molecule has 108 valence electrons. The third-order valence-electron chi connectivity index (χ3n) is 3.32. The lowest BCUT2D eigenvalue weighted by molar-refractivity contribution is -0.149. The number of likely N-dealkylation sites (N-methyl/N-ethyl adjacent to an activating group) is 1. The molecule has 0 saturated carbocycles. The molecule has 0 aromatic rings. The van der Waals surface area contributed by atoms with Crippen molar-refractivity contribution in [1.29, 1.82) is 0 Å². The van der Waals surface area contributed by atoms with Crippen LogP contribution in [0.1, 0.15) is 6.92 Å². The smallest absolute Gasteiger partial charge is 0.253 e. The standard InChI is InChI=1S/C11H21N3O2.2ClH/c1-9-8-13(2)4-5-14(9)11(15)10-7-12-3-6-16-10;;/h9-10,12H,3-8H2,1-2H3;2*1H. The van der Waals surface area contributed by atoms with Crippen molar-refractivity contribution in [2.75, 3.05) is 46.4 Å². The van der Waals surface area contributed by atoms with E-state index in [1.165, 1.54) is 0 Å². The molecule has 0 aromatic carbocycles. The minimum Gasteiger partial charge on any atom is -0.366 e. The summed E-state index contributed by atoms with van der Waals surface area (Å²) in [5.41, 5.74) is 0. The second-order valence-electron chi connectivity index (χ2n) is 4.71. The molecule has 0 aromatic heterocycles. The molecule has 0 radical (unpaired) electrons. The molecular formula is C11H23Cl2N3O2. The Hall–Kier alpha value is -0.0700. The van der Waals surface area contributed by atoms with Crippen LogP contribution < -0.4 is 5.32 Å². The Morgan fingerprint density at radius 1 is 1.33 bits per heavy atom. The first-order valence-corrected chi connectivity index (χ1v) is 6.00. The largest absolute Gasteiger partial charge is 0.366 e. The Labute approximate surface area is 121 Å². The van der Waals surface area contributed by atoms with Gasteiger partial charge in [0.2, 0.25) is 0 Å². The van der Waals surface area contributed by atoms with Gasteiger partial charge >= 0.3 is 0 Å². The topological polar surface area (TPSA) is 44.8 Å². The molecule has 2 fully saturated rings. The van der Waals surface area contributed by atoms with Gasteiger partial charge in [-0.25, -0.2) is 0 Å². The lowest BCUT2D eigenvalue weighted by Crippen LogP contribution is -2.58. The normalized spacial score (nSPS) is 29.1. The maximum Gasteiger partial charge on any atom is 0.253 e. The quantitative estimate of drug-likeness (QED) is 0.739. The Morgan fingerprint density at radius 3 is 2.61 bits per heavy atom. The molecule has 1 N–H and O–H groups in total. The Morgan fingerprint density at radius 2 is 2.06 bits per heavy atom. The third kappa shape index (κ3) is 4.24. The van der Waals surface area contributed by atoms with Gasteiger partial charge in [-0.2, -0.15) is 0 Å². The number of nitrogens with zero attached hydrogens (tertiary/aromatic N) is 2. The van der Waals surface area contributed by atoms with Crippen molar-refractivity contribution in [2.45, 2.75) is 19.1 Å². The molecule has 5 nitrogen and oxygen atoms in total. The molecule has 2 saturated heterocycles. The van der Waals surface area contributed by atoms with E-state index in [4.69, 9.17) is 4.74 Å². The fourth-order valence-corrected chi connectivity index (χ4v) is 2.38. The number of hydrogen-bond donors (Lipinski definition) is 1. The highest BCUT2D eigenvalue weighted by Crippen LogP contribution is 2.11. The molecule has 2 aliphatic rings. The molecule has 0 spiro atoms. The zero-order valence-electron chi connectivity index (χ0n) is 10.9. The average molecular weight is 300 g/mol. The molecule has 2 unspecified atom stereocenters. The van der Waals surface area contributed by atoms with E-state index in [1.54, 1.807) is 0 Å². The van der Waals surface area contributed by atoms with Crippen LogP contribution in [-0.2, 0) is 9.53 Å². The predicted molar refractivity (Wildman–Crippen MR) is 75.8 cm³/mol. The Bertz CT molecular complexity index is 263. The number of ether oxygens (including phenoxy) is 1. The number of amides is 1. The number of halogens is 2. The van der Waals surface area contributed by atoms with Crippen molar-refractivity contribution in [3.8, 4) is 0 Å². The molecule has 2 aliphatic heterocycles. The fraction of sp³-hybridized carbons (Fsp3) is 0.909. The number of carbonyl (C=O) groups is 1. The lowest BCUT2D eigenvalue weighted by atomic mass is 10.1. The highest BCUT2D eigenvalue weighted by molar-refractivity contribution is 5.85. The van der Waals surface area contributed by atoms with Gasteiger partial charge < -0.3 is 19.9 Å².